The summed E-state index contributed by atoms with van der Waals surface area (Å²) in [5.41, 5.74) is 3.13. The minimum absolute atomic E-state index is 0.727. The van der Waals surface area contributed by atoms with Crippen molar-refractivity contribution in [3.05, 3.63) is 35.4 Å². The number of hydrogen-bond acceptors (Lipinski definition) is 2. The zero-order chi connectivity index (χ0) is 13.8. The van der Waals surface area contributed by atoms with E-state index in [2.05, 4.69) is 41.4 Å². The first kappa shape index (κ1) is 14.1. The quantitative estimate of drug-likeness (QED) is 0.801. The molecule has 2 heteroatoms. The molecule has 1 atom stereocenters. The van der Waals surface area contributed by atoms with Crippen LogP contribution in [0.4, 0.5) is 0 Å². The molecule has 1 aliphatic carbocycles. The van der Waals surface area contributed by atoms with Crippen molar-refractivity contribution in [3.63, 3.8) is 0 Å². The van der Waals surface area contributed by atoms with Crippen LogP contribution in [0, 0.1) is 0 Å². The predicted molar refractivity (Wildman–Crippen MR) is 85.1 cm³/mol. The van der Waals surface area contributed by atoms with Crippen LogP contribution in [0.15, 0.2) is 24.3 Å². The van der Waals surface area contributed by atoms with Gasteiger partial charge < -0.3 is 10.2 Å². The van der Waals surface area contributed by atoms with Crippen molar-refractivity contribution in [2.75, 3.05) is 19.6 Å². The topological polar surface area (TPSA) is 15.3 Å². The molecule has 3 rings (SSSR count). The van der Waals surface area contributed by atoms with E-state index in [9.17, 15) is 0 Å². The molecule has 1 N–H and O–H groups in total. The lowest BCUT2D eigenvalue weighted by molar-refractivity contribution is 0.206. The van der Waals surface area contributed by atoms with Crippen molar-refractivity contribution in [3.8, 4) is 0 Å². The van der Waals surface area contributed by atoms with Gasteiger partial charge in [0, 0.05) is 25.2 Å². The molecule has 1 saturated carbocycles. The third kappa shape index (κ3) is 3.83. The van der Waals surface area contributed by atoms with Gasteiger partial charge in [0.2, 0.25) is 0 Å². The van der Waals surface area contributed by atoms with Gasteiger partial charge in [-0.1, -0.05) is 24.3 Å². The first-order chi connectivity index (χ1) is 9.83. The number of nitrogens with zero attached hydrogens (tertiary/aromatic N) is 1. The highest BCUT2D eigenvalue weighted by molar-refractivity contribution is 5.28. The summed E-state index contributed by atoms with van der Waals surface area (Å²) in [4.78, 5) is 2.69. The predicted octanol–water partition coefficient (Wildman–Crippen LogP) is 3.01. The van der Waals surface area contributed by atoms with Crippen LogP contribution >= 0.6 is 0 Å². The maximum atomic E-state index is 3.62. The van der Waals surface area contributed by atoms with Gasteiger partial charge >= 0.3 is 0 Å². The van der Waals surface area contributed by atoms with Crippen molar-refractivity contribution in [2.45, 2.75) is 57.5 Å². The maximum Gasteiger partial charge on any atom is 0.00682 e. The Morgan fingerprint density at radius 1 is 1.15 bits per heavy atom. The molecule has 1 unspecified atom stereocenters. The number of rotatable bonds is 6. The van der Waals surface area contributed by atoms with Crippen LogP contribution in [0.3, 0.4) is 0 Å². The lowest BCUT2D eigenvalue weighted by Crippen LogP contribution is -2.35. The molecule has 20 heavy (non-hydrogen) atoms. The van der Waals surface area contributed by atoms with Gasteiger partial charge in [-0.2, -0.15) is 0 Å². The average molecular weight is 272 g/mol. The molecule has 1 aliphatic heterocycles. The Balaban J connectivity index is 1.43. The minimum atomic E-state index is 0.727. The normalized spacial score (nSPS) is 21.2. The summed E-state index contributed by atoms with van der Waals surface area (Å²) in [6.45, 7) is 6.08. The molecular formula is C18H28N2. The van der Waals surface area contributed by atoms with Gasteiger partial charge in [-0.15, -0.1) is 0 Å². The average Bonchev–Trinajstić information content (AvgIpc) is 3.29. The third-order valence-electron chi connectivity index (χ3n) is 4.89. The number of fused-ring (bicyclic) bond motifs is 1. The Hall–Kier alpha value is -0.860. The van der Waals surface area contributed by atoms with Crippen molar-refractivity contribution in [2.24, 2.45) is 0 Å². The molecule has 0 spiro atoms. The van der Waals surface area contributed by atoms with Gasteiger partial charge in [0.25, 0.3) is 0 Å². The monoisotopic (exact) mass is 272 g/mol. The Bertz CT molecular complexity index is 398. The maximum absolute atomic E-state index is 3.62. The fraction of sp³-hybridized carbons (Fsp3) is 0.667. The van der Waals surface area contributed by atoms with Crippen LogP contribution in [0.2, 0.25) is 0 Å². The molecule has 2 aliphatic rings. The Morgan fingerprint density at radius 3 is 2.40 bits per heavy atom. The molecule has 2 nitrogen and oxygen atoms in total. The van der Waals surface area contributed by atoms with E-state index in [-0.39, 0.29) is 0 Å². The summed E-state index contributed by atoms with van der Waals surface area (Å²) < 4.78 is 0. The largest absolute Gasteiger partial charge is 0.314 e. The van der Waals surface area contributed by atoms with E-state index in [4.69, 9.17) is 0 Å². The summed E-state index contributed by atoms with van der Waals surface area (Å²) in [5.74, 6) is 0. The first-order valence-electron chi connectivity index (χ1n) is 8.37. The van der Waals surface area contributed by atoms with Gasteiger partial charge in [0.1, 0.15) is 0 Å². The van der Waals surface area contributed by atoms with E-state index < -0.39 is 0 Å². The zero-order valence-corrected chi connectivity index (χ0v) is 12.8. The van der Waals surface area contributed by atoms with Gasteiger partial charge in [-0.3, -0.25) is 0 Å². The SMILES string of the molecule is CC(CCCNC1CC1)N1CCc2ccccc2CC1. The molecule has 110 valence electrons. The van der Waals surface area contributed by atoms with Crippen molar-refractivity contribution < 1.29 is 0 Å². The van der Waals surface area contributed by atoms with E-state index in [1.54, 1.807) is 11.1 Å². The number of hydrogen-bond donors (Lipinski definition) is 1. The summed E-state index contributed by atoms with van der Waals surface area (Å²) in [7, 11) is 0. The number of benzene rings is 1. The minimum Gasteiger partial charge on any atom is -0.314 e. The first-order valence-corrected chi connectivity index (χ1v) is 8.37. The molecule has 0 saturated heterocycles. The van der Waals surface area contributed by atoms with Crippen LogP contribution in [0.25, 0.3) is 0 Å². The third-order valence-corrected chi connectivity index (χ3v) is 4.89. The van der Waals surface area contributed by atoms with E-state index >= 15 is 0 Å². The van der Waals surface area contributed by atoms with Crippen LogP contribution < -0.4 is 5.32 Å². The highest BCUT2D eigenvalue weighted by atomic mass is 15.1. The molecule has 1 aromatic rings. The lowest BCUT2D eigenvalue weighted by Gasteiger charge is -2.27. The van der Waals surface area contributed by atoms with E-state index in [0.717, 1.165) is 12.1 Å². The van der Waals surface area contributed by atoms with Crippen molar-refractivity contribution in [1.82, 2.24) is 10.2 Å². The molecule has 1 heterocycles. The van der Waals surface area contributed by atoms with Gasteiger partial charge in [-0.25, -0.2) is 0 Å². The van der Waals surface area contributed by atoms with Crippen molar-refractivity contribution >= 4 is 0 Å². The molecule has 0 bridgehead atoms. The highest BCUT2D eigenvalue weighted by Crippen LogP contribution is 2.20. The highest BCUT2D eigenvalue weighted by Gasteiger charge is 2.21. The van der Waals surface area contributed by atoms with E-state index in [1.165, 1.54) is 58.2 Å². The molecule has 0 amide bonds. The summed E-state index contributed by atoms with van der Waals surface area (Å²) in [5, 5.41) is 3.62. The van der Waals surface area contributed by atoms with Gasteiger partial charge in [0.05, 0.1) is 0 Å². The molecule has 1 fully saturated rings. The zero-order valence-electron chi connectivity index (χ0n) is 12.8. The molecule has 0 radical (unpaired) electrons. The Labute approximate surface area is 123 Å². The van der Waals surface area contributed by atoms with Crippen molar-refractivity contribution in [1.29, 1.82) is 0 Å². The molecule has 1 aromatic carbocycles. The van der Waals surface area contributed by atoms with Crippen LogP contribution in [-0.2, 0) is 12.8 Å². The van der Waals surface area contributed by atoms with Crippen LogP contribution in [0.5, 0.6) is 0 Å². The molecular weight excluding hydrogens is 244 g/mol. The van der Waals surface area contributed by atoms with E-state index in [1.807, 2.05) is 0 Å². The van der Waals surface area contributed by atoms with E-state index in [0.29, 0.717) is 0 Å². The lowest BCUT2D eigenvalue weighted by atomic mass is 10.0. The standard InChI is InChI=1S/C18H28N2/c1-15(5-4-12-19-18-8-9-18)20-13-10-16-6-2-3-7-17(16)11-14-20/h2-3,6-7,15,18-19H,4-5,8-14H2,1H3. The molecule has 0 aromatic heterocycles. The van der Waals surface area contributed by atoms with Crippen LogP contribution in [0.1, 0.15) is 43.7 Å². The second kappa shape index (κ2) is 6.73. The van der Waals surface area contributed by atoms with Gasteiger partial charge in [0.15, 0.2) is 0 Å². The second-order valence-electron chi connectivity index (χ2n) is 6.52. The summed E-state index contributed by atoms with van der Waals surface area (Å²) >= 11 is 0. The summed E-state index contributed by atoms with van der Waals surface area (Å²) in [6, 6.07) is 10.6. The number of nitrogens with one attached hydrogen (secondary N) is 1. The Morgan fingerprint density at radius 2 is 1.80 bits per heavy atom. The fourth-order valence-electron chi connectivity index (χ4n) is 3.30. The fourth-order valence-corrected chi connectivity index (χ4v) is 3.30. The second-order valence-corrected chi connectivity index (χ2v) is 6.52. The van der Waals surface area contributed by atoms with Gasteiger partial charge in [-0.05, 0) is 63.1 Å². The van der Waals surface area contributed by atoms with Crippen LogP contribution in [-0.4, -0.2) is 36.6 Å². The Kier molecular flexibility index (Phi) is 4.74. The summed E-state index contributed by atoms with van der Waals surface area (Å²) in [6.07, 6.45) is 7.90. The smallest absolute Gasteiger partial charge is 0.00682 e.